The highest BCUT2D eigenvalue weighted by molar-refractivity contribution is 5.92. The lowest BCUT2D eigenvalue weighted by Crippen LogP contribution is -1.89. The van der Waals surface area contributed by atoms with Crippen LogP contribution in [0.5, 0.6) is 0 Å². The van der Waals surface area contributed by atoms with Crippen LogP contribution in [-0.4, -0.2) is 5.11 Å². The Morgan fingerprint density at radius 1 is 1.20 bits per heavy atom. The molecule has 2 aromatic rings. The number of aliphatic hydroxyl groups is 1. The van der Waals surface area contributed by atoms with Crippen LogP contribution in [0, 0.1) is 5.82 Å². The van der Waals surface area contributed by atoms with Crippen molar-refractivity contribution in [1.82, 2.24) is 0 Å². The monoisotopic (exact) mass is 202 g/mol. The second-order valence-corrected chi connectivity index (χ2v) is 3.37. The minimum absolute atomic E-state index is 0.0421. The number of fused-ring (bicyclic) bond motifs is 1. The van der Waals surface area contributed by atoms with Gasteiger partial charge in [0.05, 0.1) is 6.61 Å². The molecule has 2 heteroatoms. The molecular formula is C13H11FO. The van der Waals surface area contributed by atoms with E-state index in [2.05, 4.69) is 6.58 Å². The summed E-state index contributed by atoms with van der Waals surface area (Å²) in [6, 6.07) is 8.21. The zero-order valence-corrected chi connectivity index (χ0v) is 8.20. The lowest BCUT2D eigenvalue weighted by atomic mass is 10.00. The molecule has 0 unspecified atom stereocenters. The minimum atomic E-state index is -0.277. The third-order valence-corrected chi connectivity index (χ3v) is 2.49. The molecule has 0 atom stereocenters. The summed E-state index contributed by atoms with van der Waals surface area (Å²) >= 11 is 0. The van der Waals surface area contributed by atoms with Gasteiger partial charge in [0.2, 0.25) is 0 Å². The molecule has 0 aliphatic heterocycles. The number of hydrogen-bond acceptors (Lipinski definition) is 1. The summed E-state index contributed by atoms with van der Waals surface area (Å²) in [5.74, 6) is -0.277. The van der Waals surface area contributed by atoms with E-state index in [0.717, 1.165) is 21.9 Å². The van der Waals surface area contributed by atoms with Crippen LogP contribution >= 0.6 is 0 Å². The molecule has 0 radical (unpaired) electrons. The maximum Gasteiger partial charge on any atom is 0.123 e. The molecule has 0 heterocycles. The van der Waals surface area contributed by atoms with E-state index in [1.54, 1.807) is 12.1 Å². The first kappa shape index (κ1) is 9.87. The third kappa shape index (κ3) is 1.64. The second-order valence-electron chi connectivity index (χ2n) is 3.37. The van der Waals surface area contributed by atoms with Crippen molar-refractivity contribution in [2.45, 2.75) is 6.61 Å². The number of aliphatic hydroxyl groups excluding tert-OH is 1. The Balaban J connectivity index is 2.86. The summed E-state index contributed by atoms with van der Waals surface area (Å²) in [5.41, 5.74) is 1.68. The first-order valence-electron chi connectivity index (χ1n) is 4.70. The number of rotatable bonds is 2. The van der Waals surface area contributed by atoms with Crippen molar-refractivity contribution in [2.24, 2.45) is 0 Å². The van der Waals surface area contributed by atoms with E-state index in [0.29, 0.717) is 0 Å². The van der Waals surface area contributed by atoms with Gasteiger partial charge in [0, 0.05) is 0 Å². The molecule has 1 nitrogen and oxygen atoms in total. The molecule has 2 rings (SSSR count). The summed E-state index contributed by atoms with van der Waals surface area (Å²) in [5, 5.41) is 10.8. The number of hydrogen-bond donors (Lipinski definition) is 1. The highest BCUT2D eigenvalue weighted by Gasteiger charge is 2.04. The topological polar surface area (TPSA) is 20.2 Å². The molecule has 15 heavy (non-hydrogen) atoms. The molecule has 1 N–H and O–H groups in total. The van der Waals surface area contributed by atoms with Crippen molar-refractivity contribution in [3.05, 3.63) is 53.9 Å². The van der Waals surface area contributed by atoms with Crippen molar-refractivity contribution in [2.75, 3.05) is 0 Å². The molecule has 0 spiro atoms. The average Bonchev–Trinajstić information content (AvgIpc) is 2.27. The molecule has 0 aromatic heterocycles. The van der Waals surface area contributed by atoms with Gasteiger partial charge in [0.1, 0.15) is 5.82 Å². The Morgan fingerprint density at radius 2 is 2.00 bits per heavy atom. The summed E-state index contributed by atoms with van der Waals surface area (Å²) in [7, 11) is 0. The van der Waals surface area contributed by atoms with E-state index in [4.69, 9.17) is 5.11 Å². The summed E-state index contributed by atoms with van der Waals surface area (Å²) in [6.45, 7) is 3.64. The van der Waals surface area contributed by atoms with Crippen LogP contribution in [0.15, 0.2) is 36.9 Å². The van der Waals surface area contributed by atoms with Crippen LogP contribution in [0.4, 0.5) is 4.39 Å². The zero-order valence-electron chi connectivity index (χ0n) is 8.20. The summed E-state index contributed by atoms with van der Waals surface area (Å²) in [4.78, 5) is 0. The Labute approximate surface area is 87.5 Å². The van der Waals surface area contributed by atoms with Crippen LogP contribution in [0.2, 0.25) is 0 Å². The zero-order chi connectivity index (χ0) is 10.8. The van der Waals surface area contributed by atoms with Gasteiger partial charge in [-0.1, -0.05) is 30.9 Å². The van der Waals surface area contributed by atoms with Gasteiger partial charge >= 0.3 is 0 Å². The van der Waals surface area contributed by atoms with E-state index in [9.17, 15) is 4.39 Å². The van der Waals surface area contributed by atoms with Gasteiger partial charge in [-0.05, 0) is 34.0 Å². The van der Waals surface area contributed by atoms with Crippen LogP contribution < -0.4 is 0 Å². The van der Waals surface area contributed by atoms with Crippen LogP contribution in [0.3, 0.4) is 0 Å². The fraction of sp³-hybridized carbons (Fsp3) is 0.0769. The highest BCUT2D eigenvalue weighted by atomic mass is 19.1. The van der Waals surface area contributed by atoms with Crippen molar-refractivity contribution >= 4 is 16.8 Å². The van der Waals surface area contributed by atoms with E-state index < -0.39 is 0 Å². The van der Waals surface area contributed by atoms with Gasteiger partial charge in [-0.2, -0.15) is 0 Å². The fourth-order valence-corrected chi connectivity index (χ4v) is 1.72. The first-order chi connectivity index (χ1) is 7.26. The molecule has 0 saturated carbocycles. The lowest BCUT2D eigenvalue weighted by molar-refractivity contribution is 0.283. The SMILES string of the molecule is C=Cc1ccc(CO)c2ccc(F)cc12. The molecule has 0 saturated heterocycles. The average molecular weight is 202 g/mol. The minimum Gasteiger partial charge on any atom is -0.392 e. The third-order valence-electron chi connectivity index (χ3n) is 2.49. The second kappa shape index (κ2) is 3.83. The highest BCUT2D eigenvalue weighted by Crippen LogP contribution is 2.24. The largest absolute Gasteiger partial charge is 0.392 e. The Morgan fingerprint density at radius 3 is 2.67 bits per heavy atom. The first-order valence-corrected chi connectivity index (χ1v) is 4.70. The van der Waals surface area contributed by atoms with Crippen LogP contribution in [-0.2, 0) is 6.61 Å². The van der Waals surface area contributed by atoms with Crippen LogP contribution in [0.1, 0.15) is 11.1 Å². The van der Waals surface area contributed by atoms with Crippen molar-refractivity contribution in [3.8, 4) is 0 Å². The standard InChI is InChI=1S/C13H11FO/c1-2-9-3-4-10(8-15)12-6-5-11(14)7-13(9)12/h2-7,15H,1,8H2. The summed E-state index contributed by atoms with van der Waals surface area (Å²) in [6.07, 6.45) is 1.68. The Bertz CT molecular complexity index is 517. The van der Waals surface area contributed by atoms with E-state index in [1.165, 1.54) is 12.1 Å². The van der Waals surface area contributed by atoms with Gasteiger partial charge in [-0.15, -0.1) is 0 Å². The molecule has 0 bridgehead atoms. The molecule has 2 aromatic carbocycles. The van der Waals surface area contributed by atoms with E-state index in [1.807, 2.05) is 12.1 Å². The van der Waals surface area contributed by atoms with Crippen LogP contribution in [0.25, 0.3) is 16.8 Å². The number of benzene rings is 2. The quantitative estimate of drug-likeness (QED) is 0.793. The van der Waals surface area contributed by atoms with Crippen molar-refractivity contribution in [3.63, 3.8) is 0 Å². The van der Waals surface area contributed by atoms with Crippen molar-refractivity contribution < 1.29 is 9.50 Å². The molecule has 0 amide bonds. The normalized spacial score (nSPS) is 10.5. The number of halogens is 1. The van der Waals surface area contributed by atoms with Gasteiger partial charge in [-0.25, -0.2) is 4.39 Å². The van der Waals surface area contributed by atoms with Gasteiger partial charge in [0.25, 0.3) is 0 Å². The van der Waals surface area contributed by atoms with Crippen molar-refractivity contribution in [1.29, 1.82) is 0 Å². The summed E-state index contributed by atoms with van der Waals surface area (Å²) < 4.78 is 13.1. The molecular weight excluding hydrogens is 191 g/mol. The molecule has 76 valence electrons. The van der Waals surface area contributed by atoms with E-state index in [-0.39, 0.29) is 12.4 Å². The fourth-order valence-electron chi connectivity index (χ4n) is 1.72. The smallest absolute Gasteiger partial charge is 0.123 e. The predicted molar refractivity (Wildman–Crippen MR) is 59.9 cm³/mol. The molecule has 0 fully saturated rings. The maximum absolute atomic E-state index is 13.1. The van der Waals surface area contributed by atoms with E-state index >= 15 is 0 Å². The molecule has 0 aliphatic carbocycles. The predicted octanol–water partition coefficient (Wildman–Crippen LogP) is 3.11. The molecule has 0 aliphatic rings. The lowest BCUT2D eigenvalue weighted by Gasteiger charge is -2.07. The van der Waals surface area contributed by atoms with Gasteiger partial charge in [0.15, 0.2) is 0 Å². The Hall–Kier alpha value is -1.67. The Kier molecular flexibility index (Phi) is 2.52. The van der Waals surface area contributed by atoms with Gasteiger partial charge < -0.3 is 5.11 Å². The maximum atomic E-state index is 13.1. The van der Waals surface area contributed by atoms with Gasteiger partial charge in [-0.3, -0.25) is 0 Å².